The molecule has 1 aliphatic rings. The average molecular weight is 326 g/mol. The van der Waals surface area contributed by atoms with E-state index in [1.807, 2.05) is 24.3 Å². The van der Waals surface area contributed by atoms with Crippen molar-refractivity contribution in [2.45, 2.75) is 25.8 Å². The maximum absolute atomic E-state index is 12.9. The minimum absolute atomic E-state index is 0.121. The summed E-state index contributed by atoms with van der Waals surface area (Å²) in [5, 5.41) is 2.85. The number of hydrogen-bond donors (Lipinski definition) is 1. The molecule has 1 saturated heterocycles. The first-order valence-corrected chi connectivity index (χ1v) is 8.02. The van der Waals surface area contributed by atoms with Crippen molar-refractivity contribution >= 4 is 17.5 Å². The minimum atomic E-state index is -0.313. The second kappa shape index (κ2) is 7.25. The van der Waals surface area contributed by atoms with Gasteiger partial charge in [0, 0.05) is 25.2 Å². The second-order valence-corrected chi connectivity index (χ2v) is 5.90. The van der Waals surface area contributed by atoms with Crippen molar-refractivity contribution in [3.05, 3.63) is 65.5 Å². The Bertz CT molecular complexity index is 743. The molecule has 2 aromatic rings. The lowest BCUT2D eigenvalue weighted by atomic mass is 10.1. The lowest BCUT2D eigenvalue weighted by Crippen LogP contribution is -2.26. The zero-order chi connectivity index (χ0) is 16.9. The van der Waals surface area contributed by atoms with Crippen LogP contribution in [0.1, 0.15) is 24.0 Å². The third-order valence-electron chi connectivity index (χ3n) is 4.06. The van der Waals surface area contributed by atoms with Gasteiger partial charge in [0.2, 0.25) is 11.8 Å². The van der Waals surface area contributed by atoms with Gasteiger partial charge in [-0.05, 0) is 41.8 Å². The molecule has 0 bridgehead atoms. The molecule has 2 amide bonds. The Morgan fingerprint density at radius 2 is 1.92 bits per heavy atom. The molecular formula is C19H19FN2O2. The van der Waals surface area contributed by atoms with E-state index >= 15 is 0 Å². The Hall–Kier alpha value is -2.69. The quantitative estimate of drug-likeness (QED) is 0.918. The van der Waals surface area contributed by atoms with Crippen molar-refractivity contribution in [1.82, 2.24) is 5.32 Å². The molecular weight excluding hydrogens is 307 g/mol. The van der Waals surface area contributed by atoms with Crippen molar-refractivity contribution in [2.24, 2.45) is 0 Å². The van der Waals surface area contributed by atoms with Crippen LogP contribution in [-0.2, 0) is 22.6 Å². The molecule has 0 atom stereocenters. The van der Waals surface area contributed by atoms with Gasteiger partial charge in [-0.15, -0.1) is 0 Å². The van der Waals surface area contributed by atoms with E-state index in [1.165, 1.54) is 12.1 Å². The van der Waals surface area contributed by atoms with Crippen LogP contribution in [0.2, 0.25) is 0 Å². The van der Waals surface area contributed by atoms with Gasteiger partial charge in [0.05, 0.1) is 6.42 Å². The number of carbonyl (C=O) groups is 2. The molecule has 2 aromatic carbocycles. The fourth-order valence-electron chi connectivity index (χ4n) is 2.81. The summed E-state index contributed by atoms with van der Waals surface area (Å²) >= 11 is 0. The van der Waals surface area contributed by atoms with Crippen LogP contribution in [0.5, 0.6) is 0 Å². The highest BCUT2D eigenvalue weighted by molar-refractivity contribution is 5.95. The van der Waals surface area contributed by atoms with Gasteiger partial charge >= 0.3 is 0 Å². The number of carbonyl (C=O) groups excluding carboxylic acids is 2. The van der Waals surface area contributed by atoms with Crippen molar-refractivity contribution in [2.75, 3.05) is 11.4 Å². The summed E-state index contributed by atoms with van der Waals surface area (Å²) in [5.74, 6) is -0.288. The van der Waals surface area contributed by atoms with Crippen LogP contribution in [0.4, 0.5) is 10.1 Å². The highest BCUT2D eigenvalue weighted by Gasteiger charge is 2.21. The Labute approximate surface area is 140 Å². The van der Waals surface area contributed by atoms with Gasteiger partial charge in [0.1, 0.15) is 5.82 Å². The van der Waals surface area contributed by atoms with Crippen LogP contribution in [-0.4, -0.2) is 18.4 Å². The Balaban J connectivity index is 1.57. The number of amides is 2. The molecule has 124 valence electrons. The highest BCUT2D eigenvalue weighted by Crippen LogP contribution is 2.22. The van der Waals surface area contributed by atoms with Gasteiger partial charge in [0.15, 0.2) is 0 Å². The molecule has 24 heavy (non-hydrogen) atoms. The first-order chi connectivity index (χ1) is 11.6. The molecule has 0 saturated carbocycles. The smallest absolute Gasteiger partial charge is 0.227 e. The van der Waals surface area contributed by atoms with Crippen LogP contribution in [0.25, 0.3) is 0 Å². The monoisotopic (exact) mass is 326 g/mol. The molecule has 3 rings (SSSR count). The summed E-state index contributed by atoms with van der Waals surface area (Å²) in [6, 6.07) is 13.6. The van der Waals surface area contributed by atoms with E-state index in [2.05, 4.69) is 5.32 Å². The van der Waals surface area contributed by atoms with E-state index in [1.54, 1.807) is 17.0 Å². The number of halogens is 1. The third-order valence-corrected chi connectivity index (χ3v) is 4.06. The average Bonchev–Trinajstić information content (AvgIpc) is 3.01. The van der Waals surface area contributed by atoms with Crippen molar-refractivity contribution in [3.63, 3.8) is 0 Å². The van der Waals surface area contributed by atoms with E-state index < -0.39 is 0 Å². The van der Waals surface area contributed by atoms with Gasteiger partial charge < -0.3 is 10.2 Å². The Morgan fingerprint density at radius 3 is 2.62 bits per heavy atom. The minimum Gasteiger partial charge on any atom is -0.352 e. The number of benzene rings is 2. The molecule has 4 nitrogen and oxygen atoms in total. The van der Waals surface area contributed by atoms with Crippen LogP contribution < -0.4 is 10.2 Å². The fourth-order valence-corrected chi connectivity index (χ4v) is 2.81. The van der Waals surface area contributed by atoms with Crippen LogP contribution in [0.15, 0.2) is 48.5 Å². The van der Waals surface area contributed by atoms with Gasteiger partial charge in [0.25, 0.3) is 0 Å². The fraction of sp³-hybridized carbons (Fsp3) is 0.263. The SMILES string of the molecule is O=C(Cc1ccc(F)cc1)NCc1cccc(N2CCCC2=O)c1. The maximum Gasteiger partial charge on any atom is 0.227 e. The molecule has 1 N–H and O–H groups in total. The predicted octanol–water partition coefficient (Wildman–Crippen LogP) is 2.81. The summed E-state index contributed by atoms with van der Waals surface area (Å²) < 4.78 is 12.9. The first kappa shape index (κ1) is 16.2. The van der Waals surface area contributed by atoms with E-state index in [9.17, 15) is 14.0 Å². The maximum atomic E-state index is 12.9. The third kappa shape index (κ3) is 3.98. The Kier molecular flexibility index (Phi) is 4.89. The summed E-state index contributed by atoms with van der Waals surface area (Å²) in [4.78, 5) is 25.6. The molecule has 0 spiro atoms. The van der Waals surface area contributed by atoms with Gasteiger partial charge in [-0.1, -0.05) is 24.3 Å². The molecule has 0 radical (unpaired) electrons. The topological polar surface area (TPSA) is 49.4 Å². The van der Waals surface area contributed by atoms with E-state index in [0.29, 0.717) is 13.0 Å². The lowest BCUT2D eigenvalue weighted by molar-refractivity contribution is -0.120. The molecule has 5 heteroatoms. The summed E-state index contributed by atoms with van der Waals surface area (Å²) in [6.07, 6.45) is 1.70. The lowest BCUT2D eigenvalue weighted by Gasteiger charge is -2.16. The van der Waals surface area contributed by atoms with Gasteiger partial charge in [-0.3, -0.25) is 9.59 Å². The van der Waals surface area contributed by atoms with Crippen LogP contribution in [0, 0.1) is 5.82 Å². The number of nitrogens with one attached hydrogen (secondary N) is 1. The van der Waals surface area contributed by atoms with Crippen LogP contribution in [0.3, 0.4) is 0 Å². The van der Waals surface area contributed by atoms with E-state index in [0.717, 1.165) is 29.8 Å². The Morgan fingerprint density at radius 1 is 1.12 bits per heavy atom. The number of anilines is 1. The van der Waals surface area contributed by atoms with Gasteiger partial charge in [-0.25, -0.2) is 4.39 Å². The number of rotatable bonds is 5. The molecule has 0 aliphatic carbocycles. The van der Waals surface area contributed by atoms with E-state index in [4.69, 9.17) is 0 Å². The number of nitrogens with zero attached hydrogens (tertiary/aromatic N) is 1. The predicted molar refractivity (Wildman–Crippen MR) is 90.0 cm³/mol. The second-order valence-electron chi connectivity index (χ2n) is 5.90. The summed E-state index contributed by atoms with van der Waals surface area (Å²) in [6.45, 7) is 1.15. The molecule has 1 heterocycles. The van der Waals surface area contributed by atoms with Crippen molar-refractivity contribution < 1.29 is 14.0 Å². The molecule has 0 unspecified atom stereocenters. The van der Waals surface area contributed by atoms with Gasteiger partial charge in [-0.2, -0.15) is 0 Å². The van der Waals surface area contributed by atoms with Crippen LogP contribution >= 0.6 is 0 Å². The van der Waals surface area contributed by atoms with Crippen molar-refractivity contribution in [3.8, 4) is 0 Å². The molecule has 1 fully saturated rings. The normalized spacial score (nSPS) is 14.0. The number of hydrogen-bond acceptors (Lipinski definition) is 2. The first-order valence-electron chi connectivity index (χ1n) is 8.02. The zero-order valence-corrected chi connectivity index (χ0v) is 13.3. The molecule has 1 aliphatic heterocycles. The zero-order valence-electron chi connectivity index (χ0n) is 13.3. The highest BCUT2D eigenvalue weighted by atomic mass is 19.1. The van der Waals surface area contributed by atoms with Crippen molar-refractivity contribution in [1.29, 1.82) is 0 Å². The largest absolute Gasteiger partial charge is 0.352 e. The molecule has 0 aromatic heterocycles. The standard InChI is InChI=1S/C19H19FN2O2/c20-16-8-6-14(7-9-16)12-18(23)21-13-15-3-1-4-17(11-15)22-10-2-5-19(22)24/h1,3-4,6-9,11H,2,5,10,12-13H2,(H,21,23). The summed E-state index contributed by atoms with van der Waals surface area (Å²) in [7, 11) is 0. The van der Waals surface area contributed by atoms with E-state index in [-0.39, 0.29) is 24.1 Å². The summed E-state index contributed by atoms with van der Waals surface area (Å²) in [5.41, 5.74) is 2.59.